The second-order valence-electron chi connectivity index (χ2n) is 4.60. The normalized spacial score (nSPS) is 9.81. The molecule has 1 aromatic heterocycles. The van der Waals surface area contributed by atoms with E-state index in [1.54, 1.807) is 17.1 Å². The van der Waals surface area contributed by atoms with Crippen molar-refractivity contribution in [1.82, 2.24) is 9.78 Å². The van der Waals surface area contributed by atoms with E-state index in [1.807, 2.05) is 24.3 Å². The number of rotatable bonds is 6. The summed E-state index contributed by atoms with van der Waals surface area (Å²) >= 11 is 0. The van der Waals surface area contributed by atoms with Crippen LogP contribution in [0.4, 0.5) is 11.4 Å². The van der Waals surface area contributed by atoms with Crippen molar-refractivity contribution in [2.75, 3.05) is 24.6 Å². The van der Waals surface area contributed by atoms with Crippen molar-refractivity contribution in [3.63, 3.8) is 0 Å². The van der Waals surface area contributed by atoms with Crippen molar-refractivity contribution in [2.24, 2.45) is 5.73 Å². The summed E-state index contributed by atoms with van der Waals surface area (Å²) in [7, 11) is 0. The lowest BCUT2D eigenvalue weighted by atomic mass is 10.3. The molecule has 1 heterocycles. The summed E-state index contributed by atoms with van der Waals surface area (Å²) in [5.41, 5.74) is 17.6. The predicted octanol–water partition coefficient (Wildman–Crippen LogP) is 1.87. The molecule has 0 unspecified atom stereocenters. The number of hydrogen-bond acceptors (Lipinski definition) is 5. The van der Waals surface area contributed by atoms with Crippen molar-refractivity contribution in [2.45, 2.75) is 26.3 Å². The molecule has 0 fully saturated rings. The second-order valence-corrected chi connectivity index (χ2v) is 4.60. The van der Waals surface area contributed by atoms with Crippen LogP contribution in [0.15, 0.2) is 36.7 Å². The van der Waals surface area contributed by atoms with Crippen molar-refractivity contribution in [1.29, 1.82) is 0 Å². The molecule has 0 aliphatic heterocycles. The largest absolute Gasteiger partial charge is 0.494 e. The van der Waals surface area contributed by atoms with Gasteiger partial charge in [-0.25, -0.2) is 0 Å². The lowest BCUT2D eigenvalue weighted by molar-refractivity contribution is 0.309. The minimum atomic E-state index is 0.598. The van der Waals surface area contributed by atoms with Gasteiger partial charge in [0.15, 0.2) is 0 Å². The van der Waals surface area contributed by atoms with Crippen molar-refractivity contribution in [3.8, 4) is 5.75 Å². The van der Waals surface area contributed by atoms with Gasteiger partial charge in [0.25, 0.3) is 0 Å². The quantitative estimate of drug-likeness (QED) is 0.556. The fourth-order valence-corrected chi connectivity index (χ4v) is 1.53. The lowest BCUT2D eigenvalue weighted by Gasteiger charge is -2.04. The minimum Gasteiger partial charge on any atom is -0.494 e. The highest BCUT2D eigenvalue weighted by atomic mass is 16.5. The first kappa shape index (κ1) is 16.8. The van der Waals surface area contributed by atoms with E-state index in [1.165, 1.54) is 0 Å². The number of aromatic nitrogens is 2. The molecule has 0 aliphatic carbocycles. The average Bonchev–Trinajstić information content (AvgIpc) is 2.88. The molecule has 0 saturated carbocycles. The Hall–Kier alpha value is -2.21. The van der Waals surface area contributed by atoms with Gasteiger partial charge in [-0.2, -0.15) is 5.10 Å². The van der Waals surface area contributed by atoms with Gasteiger partial charge in [0.1, 0.15) is 5.75 Å². The number of hydrogen-bond donors (Lipinski definition) is 3. The summed E-state index contributed by atoms with van der Waals surface area (Å²) in [6.07, 6.45) is 5.63. The van der Waals surface area contributed by atoms with Crippen molar-refractivity contribution in [3.05, 3.63) is 36.7 Å². The molecule has 6 N–H and O–H groups in total. The summed E-state index contributed by atoms with van der Waals surface area (Å²) in [6.45, 7) is 4.27. The smallest absolute Gasteiger partial charge is 0.119 e. The monoisotopic (exact) mass is 291 g/mol. The fraction of sp³-hybridized carbons (Fsp3) is 0.400. The van der Waals surface area contributed by atoms with Crippen LogP contribution in [0.5, 0.6) is 5.75 Å². The van der Waals surface area contributed by atoms with E-state index in [-0.39, 0.29) is 0 Å². The van der Waals surface area contributed by atoms with Crippen LogP contribution in [0, 0.1) is 0 Å². The molecule has 0 atom stereocenters. The Balaban J connectivity index is 0.000000219. The van der Waals surface area contributed by atoms with Crippen LogP contribution in [0.25, 0.3) is 0 Å². The molecule has 0 radical (unpaired) electrons. The van der Waals surface area contributed by atoms with Crippen LogP contribution in [-0.4, -0.2) is 22.9 Å². The van der Waals surface area contributed by atoms with Crippen LogP contribution >= 0.6 is 0 Å². The first-order chi connectivity index (χ1) is 10.2. The molecule has 116 valence electrons. The third-order valence-corrected chi connectivity index (χ3v) is 2.66. The third-order valence-electron chi connectivity index (χ3n) is 2.66. The first-order valence-corrected chi connectivity index (χ1v) is 7.12. The molecule has 0 spiro atoms. The van der Waals surface area contributed by atoms with Crippen LogP contribution < -0.4 is 21.9 Å². The molecule has 0 amide bonds. The first-order valence-electron chi connectivity index (χ1n) is 7.12. The highest BCUT2D eigenvalue weighted by Crippen LogP contribution is 2.13. The number of ether oxygens (including phenoxy) is 1. The van der Waals surface area contributed by atoms with E-state index in [4.69, 9.17) is 21.9 Å². The Morgan fingerprint density at radius 1 is 1.14 bits per heavy atom. The number of anilines is 2. The summed E-state index contributed by atoms with van der Waals surface area (Å²) in [5, 5.41) is 3.92. The average molecular weight is 291 g/mol. The highest BCUT2D eigenvalue weighted by molar-refractivity contribution is 5.41. The zero-order chi connectivity index (χ0) is 15.5. The predicted molar refractivity (Wildman–Crippen MR) is 87.0 cm³/mol. The molecule has 2 aromatic rings. The molecule has 6 heteroatoms. The maximum absolute atomic E-state index is 5.53. The standard InChI is InChI=1S/C10H15NO.C5H10N4/c1-2-3-8-12-10-6-4-9(11)5-7-10;6-1-2-9-4-5(7)3-8-9/h4-7H,2-3,8,11H2,1H3;3-4H,1-2,6-7H2. The highest BCUT2D eigenvalue weighted by Gasteiger charge is 1.91. The van der Waals surface area contributed by atoms with Gasteiger partial charge in [-0.1, -0.05) is 13.3 Å². The van der Waals surface area contributed by atoms with Gasteiger partial charge in [0.2, 0.25) is 0 Å². The van der Waals surface area contributed by atoms with E-state index in [0.29, 0.717) is 12.2 Å². The Morgan fingerprint density at radius 2 is 1.86 bits per heavy atom. The van der Waals surface area contributed by atoms with Crippen molar-refractivity contribution >= 4 is 11.4 Å². The lowest BCUT2D eigenvalue weighted by Crippen LogP contribution is -2.09. The molecule has 6 nitrogen and oxygen atoms in total. The Morgan fingerprint density at radius 3 is 2.38 bits per heavy atom. The van der Waals surface area contributed by atoms with Crippen LogP contribution in [0.1, 0.15) is 19.8 Å². The molecule has 2 rings (SSSR count). The Labute approximate surface area is 125 Å². The number of nitrogen functional groups attached to an aromatic ring is 2. The molecular weight excluding hydrogens is 266 g/mol. The van der Waals surface area contributed by atoms with Crippen LogP contribution in [0.3, 0.4) is 0 Å². The molecule has 0 bridgehead atoms. The number of nitrogens with two attached hydrogens (primary N) is 3. The van der Waals surface area contributed by atoms with E-state index in [2.05, 4.69) is 12.0 Å². The van der Waals surface area contributed by atoms with E-state index >= 15 is 0 Å². The maximum Gasteiger partial charge on any atom is 0.119 e. The molecule has 1 aromatic carbocycles. The molecule has 0 saturated heterocycles. The number of unbranched alkanes of at least 4 members (excludes halogenated alkanes) is 1. The van der Waals surface area contributed by atoms with Gasteiger partial charge in [-0.15, -0.1) is 0 Å². The summed E-state index contributed by atoms with van der Waals surface area (Å²) in [4.78, 5) is 0. The zero-order valence-corrected chi connectivity index (χ0v) is 12.5. The van der Waals surface area contributed by atoms with Gasteiger partial charge < -0.3 is 21.9 Å². The van der Waals surface area contributed by atoms with E-state index in [9.17, 15) is 0 Å². The van der Waals surface area contributed by atoms with Crippen molar-refractivity contribution < 1.29 is 4.74 Å². The SMILES string of the molecule is CCCCOc1ccc(N)cc1.NCCn1cc(N)cn1. The minimum absolute atomic E-state index is 0.598. The second kappa shape index (κ2) is 9.66. The Bertz CT molecular complexity index is 495. The molecule has 21 heavy (non-hydrogen) atoms. The molecular formula is C15H25N5O. The van der Waals surface area contributed by atoms with Gasteiger partial charge >= 0.3 is 0 Å². The summed E-state index contributed by atoms with van der Waals surface area (Å²) < 4.78 is 7.16. The summed E-state index contributed by atoms with van der Waals surface area (Å²) in [6, 6.07) is 7.48. The van der Waals surface area contributed by atoms with Crippen LogP contribution in [-0.2, 0) is 6.54 Å². The van der Waals surface area contributed by atoms with Gasteiger partial charge in [0, 0.05) is 18.4 Å². The van der Waals surface area contributed by atoms with Gasteiger partial charge in [-0.3, -0.25) is 4.68 Å². The zero-order valence-electron chi connectivity index (χ0n) is 12.5. The summed E-state index contributed by atoms with van der Waals surface area (Å²) in [5.74, 6) is 0.901. The fourth-order valence-electron chi connectivity index (χ4n) is 1.53. The topological polar surface area (TPSA) is 105 Å². The Kier molecular flexibility index (Phi) is 7.74. The van der Waals surface area contributed by atoms with Gasteiger partial charge in [0.05, 0.1) is 25.0 Å². The molecule has 0 aliphatic rings. The van der Waals surface area contributed by atoms with E-state index in [0.717, 1.165) is 37.4 Å². The van der Waals surface area contributed by atoms with Gasteiger partial charge in [-0.05, 0) is 30.7 Å². The number of benzene rings is 1. The maximum atomic E-state index is 5.53. The van der Waals surface area contributed by atoms with E-state index < -0.39 is 0 Å². The third kappa shape index (κ3) is 7.22. The van der Waals surface area contributed by atoms with Crippen LogP contribution in [0.2, 0.25) is 0 Å². The number of nitrogens with zero attached hydrogens (tertiary/aromatic N) is 2.